The van der Waals surface area contributed by atoms with E-state index in [2.05, 4.69) is 38.1 Å². The lowest BCUT2D eigenvalue weighted by atomic mass is 9.86. The van der Waals surface area contributed by atoms with Crippen LogP contribution in [0.15, 0.2) is 6.20 Å². The second kappa shape index (κ2) is 7.12. The summed E-state index contributed by atoms with van der Waals surface area (Å²) in [6.45, 7) is 10.4. The minimum atomic E-state index is -0.219. The molecule has 0 bridgehead atoms. The van der Waals surface area contributed by atoms with Gasteiger partial charge in [0.1, 0.15) is 0 Å². The third kappa shape index (κ3) is 3.61. The first kappa shape index (κ1) is 16.8. The molecule has 1 aromatic heterocycles. The lowest BCUT2D eigenvalue weighted by Crippen LogP contribution is -2.47. The van der Waals surface area contributed by atoms with Crippen molar-refractivity contribution in [1.82, 2.24) is 15.1 Å². The Hall–Kier alpha value is -0.580. The van der Waals surface area contributed by atoms with E-state index in [1.54, 1.807) is 6.20 Å². The summed E-state index contributed by atoms with van der Waals surface area (Å²) in [6, 6.07) is 0.362. The van der Waals surface area contributed by atoms with Gasteiger partial charge in [0.2, 0.25) is 0 Å². The number of nitrogens with one attached hydrogen (secondary N) is 1. The minimum Gasteiger partial charge on any atom is -0.373 e. The number of halogens is 1. The third-order valence-corrected chi connectivity index (χ3v) is 4.55. The van der Waals surface area contributed by atoms with E-state index in [9.17, 15) is 0 Å². The van der Waals surface area contributed by atoms with Crippen molar-refractivity contribution in [2.45, 2.75) is 71.1 Å². The first-order chi connectivity index (χ1) is 9.99. The number of hydrogen-bond donors (Lipinski definition) is 1. The molecule has 1 aliphatic heterocycles. The monoisotopic (exact) mass is 313 g/mol. The summed E-state index contributed by atoms with van der Waals surface area (Å²) in [5.41, 5.74) is 0.841. The van der Waals surface area contributed by atoms with Gasteiger partial charge in [-0.05, 0) is 53.0 Å². The molecule has 1 N–H and O–H groups in total. The van der Waals surface area contributed by atoms with Crippen molar-refractivity contribution < 1.29 is 4.74 Å². The van der Waals surface area contributed by atoms with Gasteiger partial charge in [-0.2, -0.15) is 5.10 Å². The molecule has 1 saturated heterocycles. The highest BCUT2D eigenvalue weighted by Crippen LogP contribution is 2.39. The van der Waals surface area contributed by atoms with Crippen molar-refractivity contribution in [2.75, 3.05) is 13.2 Å². The summed E-state index contributed by atoms with van der Waals surface area (Å²) in [5.74, 6) is 0. The van der Waals surface area contributed by atoms with Gasteiger partial charge in [-0.3, -0.25) is 4.68 Å². The number of aromatic nitrogens is 2. The molecule has 0 radical (unpaired) electrons. The summed E-state index contributed by atoms with van der Waals surface area (Å²) < 4.78 is 8.20. The zero-order valence-corrected chi connectivity index (χ0v) is 14.4. The van der Waals surface area contributed by atoms with Crippen LogP contribution in [0.1, 0.15) is 71.2 Å². The van der Waals surface area contributed by atoms with Crippen molar-refractivity contribution in [2.24, 2.45) is 0 Å². The Bertz CT molecular complexity index is 452. The molecule has 1 aromatic rings. The predicted molar refractivity (Wildman–Crippen MR) is 86.9 cm³/mol. The molecule has 0 aliphatic carbocycles. The smallest absolute Gasteiger partial charge is 0.0864 e. The Balaban J connectivity index is 2.37. The molecule has 1 fully saturated rings. The van der Waals surface area contributed by atoms with Crippen LogP contribution in [0.2, 0.25) is 5.02 Å². The first-order valence-electron chi connectivity index (χ1n) is 8.10. The first-order valence-corrected chi connectivity index (χ1v) is 8.47. The standard InChI is InChI=1S/C16H28ClN3O/c1-5-9-18-15(16(4)8-6-7-10-21-16)14-13(17)11-19-20(14)12(2)3/h11-12,15,18H,5-10H2,1-4H3. The van der Waals surface area contributed by atoms with Crippen LogP contribution in [0.4, 0.5) is 0 Å². The molecule has 0 spiro atoms. The van der Waals surface area contributed by atoms with E-state index >= 15 is 0 Å². The molecule has 4 nitrogen and oxygen atoms in total. The number of rotatable bonds is 6. The van der Waals surface area contributed by atoms with E-state index in [1.165, 1.54) is 6.42 Å². The fraction of sp³-hybridized carbons (Fsp3) is 0.812. The molecule has 2 heterocycles. The highest BCUT2D eigenvalue weighted by atomic mass is 35.5. The fourth-order valence-electron chi connectivity index (χ4n) is 3.11. The van der Waals surface area contributed by atoms with E-state index in [4.69, 9.17) is 16.3 Å². The van der Waals surface area contributed by atoms with Gasteiger partial charge in [0.25, 0.3) is 0 Å². The Morgan fingerprint density at radius 3 is 2.81 bits per heavy atom. The highest BCUT2D eigenvalue weighted by molar-refractivity contribution is 6.31. The minimum absolute atomic E-state index is 0.0788. The Labute approximate surface area is 133 Å². The maximum atomic E-state index is 6.47. The normalized spacial score (nSPS) is 24.5. The average Bonchev–Trinajstić information content (AvgIpc) is 2.82. The molecule has 21 heavy (non-hydrogen) atoms. The van der Waals surface area contributed by atoms with Crippen molar-refractivity contribution in [3.05, 3.63) is 16.9 Å². The molecule has 2 atom stereocenters. The van der Waals surface area contributed by atoms with Gasteiger partial charge in [0, 0.05) is 12.6 Å². The molecule has 2 unspecified atom stereocenters. The van der Waals surface area contributed by atoms with Gasteiger partial charge in [-0.1, -0.05) is 18.5 Å². The molecular formula is C16H28ClN3O. The third-order valence-electron chi connectivity index (χ3n) is 4.26. The SMILES string of the molecule is CCCNC(c1c(Cl)cnn1C(C)C)C1(C)CCCCO1. The summed E-state index contributed by atoms with van der Waals surface area (Å²) >= 11 is 6.47. The van der Waals surface area contributed by atoms with E-state index in [0.29, 0.717) is 0 Å². The van der Waals surface area contributed by atoms with Gasteiger partial charge in [-0.15, -0.1) is 0 Å². The van der Waals surface area contributed by atoms with Crippen LogP contribution in [-0.2, 0) is 4.74 Å². The second-order valence-corrected chi connectivity index (χ2v) is 6.83. The van der Waals surface area contributed by atoms with Gasteiger partial charge in [0.15, 0.2) is 0 Å². The van der Waals surface area contributed by atoms with Crippen LogP contribution in [0.3, 0.4) is 0 Å². The zero-order valence-electron chi connectivity index (χ0n) is 13.7. The Morgan fingerprint density at radius 1 is 1.48 bits per heavy atom. The summed E-state index contributed by atoms with van der Waals surface area (Å²) in [4.78, 5) is 0. The molecule has 120 valence electrons. The van der Waals surface area contributed by atoms with E-state index in [1.807, 2.05) is 4.68 Å². The molecule has 2 rings (SSSR count). The van der Waals surface area contributed by atoms with Crippen molar-refractivity contribution >= 4 is 11.6 Å². The summed E-state index contributed by atoms with van der Waals surface area (Å²) in [7, 11) is 0. The lowest BCUT2D eigenvalue weighted by Gasteiger charge is -2.41. The van der Waals surface area contributed by atoms with E-state index in [0.717, 1.165) is 43.1 Å². The number of hydrogen-bond acceptors (Lipinski definition) is 3. The summed E-state index contributed by atoms with van der Waals surface area (Å²) in [6.07, 6.45) is 6.24. The van der Waals surface area contributed by atoms with Crippen LogP contribution in [0, 0.1) is 0 Å². The number of ether oxygens (including phenoxy) is 1. The average molecular weight is 314 g/mol. The summed E-state index contributed by atoms with van der Waals surface area (Å²) in [5, 5.41) is 8.84. The maximum absolute atomic E-state index is 6.47. The van der Waals surface area contributed by atoms with Gasteiger partial charge < -0.3 is 10.1 Å². The quantitative estimate of drug-likeness (QED) is 0.858. The Morgan fingerprint density at radius 2 is 2.24 bits per heavy atom. The van der Waals surface area contributed by atoms with Gasteiger partial charge >= 0.3 is 0 Å². The van der Waals surface area contributed by atoms with Crippen molar-refractivity contribution in [3.63, 3.8) is 0 Å². The van der Waals surface area contributed by atoms with Crippen LogP contribution >= 0.6 is 11.6 Å². The van der Waals surface area contributed by atoms with Crippen molar-refractivity contribution in [3.8, 4) is 0 Å². The molecule has 5 heteroatoms. The zero-order chi connectivity index (χ0) is 15.5. The van der Waals surface area contributed by atoms with Crippen LogP contribution in [-0.4, -0.2) is 28.5 Å². The topological polar surface area (TPSA) is 39.1 Å². The van der Waals surface area contributed by atoms with Crippen LogP contribution in [0.25, 0.3) is 0 Å². The maximum Gasteiger partial charge on any atom is 0.0864 e. The van der Waals surface area contributed by atoms with E-state index < -0.39 is 0 Å². The lowest BCUT2D eigenvalue weighted by molar-refractivity contribution is -0.0914. The molecule has 1 aliphatic rings. The largest absolute Gasteiger partial charge is 0.373 e. The molecule has 0 saturated carbocycles. The van der Waals surface area contributed by atoms with Crippen LogP contribution < -0.4 is 5.32 Å². The number of nitrogens with zero attached hydrogens (tertiary/aromatic N) is 2. The molecule has 0 amide bonds. The fourth-order valence-corrected chi connectivity index (χ4v) is 3.35. The van der Waals surface area contributed by atoms with Gasteiger partial charge in [0.05, 0.1) is 28.6 Å². The van der Waals surface area contributed by atoms with Crippen molar-refractivity contribution in [1.29, 1.82) is 0 Å². The second-order valence-electron chi connectivity index (χ2n) is 6.42. The Kier molecular flexibility index (Phi) is 5.69. The van der Waals surface area contributed by atoms with Crippen LogP contribution in [0.5, 0.6) is 0 Å². The van der Waals surface area contributed by atoms with Gasteiger partial charge in [-0.25, -0.2) is 0 Å². The molecular weight excluding hydrogens is 286 g/mol. The predicted octanol–water partition coefficient (Wildman–Crippen LogP) is 4.12. The molecule has 0 aromatic carbocycles. The highest BCUT2D eigenvalue weighted by Gasteiger charge is 2.40. The van der Waals surface area contributed by atoms with E-state index in [-0.39, 0.29) is 17.7 Å².